The van der Waals surface area contributed by atoms with Gasteiger partial charge < -0.3 is 15.0 Å². The maximum absolute atomic E-state index is 9.10. The van der Waals surface area contributed by atoms with Crippen molar-refractivity contribution in [2.75, 3.05) is 33.1 Å². The Kier molecular flexibility index (Phi) is 4.80. The van der Waals surface area contributed by atoms with E-state index in [1.54, 1.807) is 6.07 Å². The average molecular weight is 233 g/mol. The minimum absolute atomic E-state index is 0.558. The number of nitriles is 1. The van der Waals surface area contributed by atoms with Crippen LogP contribution in [0.25, 0.3) is 0 Å². The standard InChI is InChI=1S/C13H19N3O/c1-5-17-13-10(8-14)6-7-12(15-2)11(13)9-16(3)4/h6-7,15H,5,9H2,1-4H3. The summed E-state index contributed by atoms with van der Waals surface area (Å²) in [5.74, 6) is 0.690. The van der Waals surface area contributed by atoms with Crippen molar-refractivity contribution in [3.05, 3.63) is 23.3 Å². The van der Waals surface area contributed by atoms with Crippen molar-refractivity contribution in [1.82, 2.24) is 4.90 Å². The van der Waals surface area contributed by atoms with Crippen LogP contribution in [-0.2, 0) is 6.54 Å². The van der Waals surface area contributed by atoms with E-state index in [4.69, 9.17) is 10.00 Å². The number of anilines is 1. The number of rotatable bonds is 5. The number of nitrogens with zero attached hydrogens (tertiary/aromatic N) is 2. The highest BCUT2D eigenvalue weighted by atomic mass is 16.5. The zero-order valence-electron chi connectivity index (χ0n) is 10.9. The molecule has 92 valence electrons. The van der Waals surface area contributed by atoms with Crippen LogP contribution in [0, 0.1) is 11.3 Å². The molecule has 0 saturated heterocycles. The first-order chi connectivity index (χ1) is 8.13. The van der Waals surface area contributed by atoms with Crippen LogP contribution >= 0.6 is 0 Å². The van der Waals surface area contributed by atoms with Crippen molar-refractivity contribution >= 4 is 5.69 Å². The predicted molar refractivity (Wildman–Crippen MR) is 69.3 cm³/mol. The Morgan fingerprint density at radius 3 is 2.59 bits per heavy atom. The Balaban J connectivity index is 3.31. The van der Waals surface area contributed by atoms with Gasteiger partial charge in [-0.05, 0) is 33.2 Å². The Morgan fingerprint density at radius 1 is 1.41 bits per heavy atom. The zero-order chi connectivity index (χ0) is 12.8. The first-order valence-electron chi connectivity index (χ1n) is 5.65. The van der Waals surface area contributed by atoms with Crippen LogP contribution in [0.1, 0.15) is 18.1 Å². The normalized spacial score (nSPS) is 10.1. The van der Waals surface area contributed by atoms with Crippen LogP contribution in [0.3, 0.4) is 0 Å². The fourth-order valence-corrected chi connectivity index (χ4v) is 1.73. The number of hydrogen-bond acceptors (Lipinski definition) is 4. The van der Waals surface area contributed by atoms with E-state index in [2.05, 4.69) is 16.3 Å². The molecular weight excluding hydrogens is 214 g/mol. The minimum Gasteiger partial charge on any atom is -0.492 e. The second kappa shape index (κ2) is 6.12. The first-order valence-corrected chi connectivity index (χ1v) is 5.65. The van der Waals surface area contributed by atoms with Gasteiger partial charge in [0.25, 0.3) is 0 Å². The van der Waals surface area contributed by atoms with Gasteiger partial charge in [-0.2, -0.15) is 5.26 Å². The molecule has 0 radical (unpaired) electrons. The predicted octanol–water partition coefficient (Wildman–Crippen LogP) is 2.06. The van der Waals surface area contributed by atoms with Gasteiger partial charge in [-0.25, -0.2) is 0 Å². The lowest BCUT2D eigenvalue weighted by Gasteiger charge is -2.19. The highest BCUT2D eigenvalue weighted by Gasteiger charge is 2.14. The molecule has 1 rings (SSSR count). The zero-order valence-corrected chi connectivity index (χ0v) is 10.9. The molecule has 0 bridgehead atoms. The fraction of sp³-hybridized carbons (Fsp3) is 0.462. The van der Waals surface area contributed by atoms with Gasteiger partial charge in [0.2, 0.25) is 0 Å². The van der Waals surface area contributed by atoms with Crippen LogP contribution in [0.2, 0.25) is 0 Å². The van der Waals surface area contributed by atoms with Crippen LogP contribution in [0.5, 0.6) is 5.75 Å². The maximum Gasteiger partial charge on any atom is 0.143 e. The molecule has 0 fully saturated rings. The van der Waals surface area contributed by atoms with E-state index in [0.717, 1.165) is 17.8 Å². The summed E-state index contributed by atoms with van der Waals surface area (Å²) in [6, 6.07) is 5.88. The molecule has 0 heterocycles. The molecule has 0 unspecified atom stereocenters. The van der Waals surface area contributed by atoms with E-state index in [-0.39, 0.29) is 0 Å². The molecule has 0 atom stereocenters. The van der Waals surface area contributed by atoms with Crippen LogP contribution in [0.15, 0.2) is 12.1 Å². The average Bonchev–Trinajstić information content (AvgIpc) is 2.30. The number of ether oxygens (including phenoxy) is 1. The highest BCUT2D eigenvalue weighted by Crippen LogP contribution is 2.31. The lowest BCUT2D eigenvalue weighted by Crippen LogP contribution is -2.14. The molecule has 0 aromatic heterocycles. The molecule has 0 aliphatic heterocycles. The molecule has 17 heavy (non-hydrogen) atoms. The Morgan fingerprint density at radius 2 is 2.12 bits per heavy atom. The van der Waals surface area contributed by atoms with Gasteiger partial charge in [0.15, 0.2) is 0 Å². The Bertz CT molecular complexity index is 421. The molecule has 0 saturated carbocycles. The molecule has 1 aromatic rings. The van der Waals surface area contributed by atoms with E-state index in [0.29, 0.717) is 17.9 Å². The molecule has 4 heteroatoms. The number of hydrogen-bond donors (Lipinski definition) is 1. The Hall–Kier alpha value is -1.73. The second-order valence-corrected chi connectivity index (χ2v) is 4.00. The highest BCUT2D eigenvalue weighted by molar-refractivity contribution is 5.63. The van der Waals surface area contributed by atoms with Crippen LogP contribution in [0.4, 0.5) is 5.69 Å². The van der Waals surface area contributed by atoms with Gasteiger partial charge in [0, 0.05) is 24.8 Å². The summed E-state index contributed by atoms with van der Waals surface area (Å²) in [5, 5.41) is 12.2. The van der Waals surface area contributed by atoms with Crippen LogP contribution < -0.4 is 10.1 Å². The van der Waals surface area contributed by atoms with Crippen molar-refractivity contribution in [2.24, 2.45) is 0 Å². The van der Waals surface area contributed by atoms with Crippen molar-refractivity contribution in [3.8, 4) is 11.8 Å². The molecule has 0 amide bonds. The van der Waals surface area contributed by atoms with Crippen molar-refractivity contribution in [2.45, 2.75) is 13.5 Å². The van der Waals surface area contributed by atoms with E-state index in [1.807, 2.05) is 34.1 Å². The molecule has 0 aliphatic rings. The summed E-state index contributed by atoms with van der Waals surface area (Å²) in [6.45, 7) is 3.22. The SMILES string of the molecule is CCOc1c(C#N)ccc(NC)c1CN(C)C. The monoisotopic (exact) mass is 233 g/mol. The lowest BCUT2D eigenvalue weighted by atomic mass is 10.1. The van der Waals surface area contributed by atoms with Gasteiger partial charge in [0.05, 0.1) is 12.2 Å². The third-order valence-corrected chi connectivity index (χ3v) is 2.41. The summed E-state index contributed by atoms with van der Waals surface area (Å²) >= 11 is 0. The van der Waals surface area contributed by atoms with E-state index in [1.165, 1.54) is 0 Å². The molecular formula is C13H19N3O. The van der Waals surface area contributed by atoms with Crippen molar-refractivity contribution < 1.29 is 4.74 Å². The van der Waals surface area contributed by atoms with Gasteiger partial charge in [-0.15, -0.1) is 0 Å². The number of nitrogens with one attached hydrogen (secondary N) is 1. The molecule has 1 N–H and O–H groups in total. The van der Waals surface area contributed by atoms with Crippen molar-refractivity contribution in [3.63, 3.8) is 0 Å². The van der Waals surface area contributed by atoms with Gasteiger partial charge >= 0.3 is 0 Å². The van der Waals surface area contributed by atoms with E-state index in [9.17, 15) is 0 Å². The van der Waals surface area contributed by atoms with Gasteiger partial charge in [0.1, 0.15) is 11.8 Å². The summed E-state index contributed by atoms with van der Waals surface area (Å²) in [7, 11) is 5.86. The fourth-order valence-electron chi connectivity index (χ4n) is 1.73. The molecule has 4 nitrogen and oxygen atoms in total. The third kappa shape index (κ3) is 3.11. The first kappa shape index (κ1) is 13.3. The summed E-state index contributed by atoms with van der Waals surface area (Å²) in [6.07, 6.45) is 0. The Labute approximate surface area is 103 Å². The molecule has 0 spiro atoms. The summed E-state index contributed by atoms with van der Waals surface area (Å²) in [5.41, 5.74) is 2.61. The molecule has 1 aromatic carbocycles. The third-order valence-electron chi connectivity index (χ3n) is 2.41. The summed E-state index contributed by atoms with van der Waals surface area (Å²) < 4.78 is 5.61. The summed E-state index contributed by atoms with van der Waals surface area (Å²) in [4.78, 5) is 2.06. The number of benzene rings is 1. The van der Waals surface area contributed by atoms with Gasteiger partial charge in [-0.3, -0.25) is 0 Å². The van der Waals surface area contributed by atoms with E-state index >= 15 is 0 Å². The van der Waals surface area contributed by atoms with Crippen molar-refractivity contribution in [1.29, 1.82) is 5.26 Å². The smallest absolute Gasteiger partial charge is 0.143 e. The van der Waals surface area contributed by atoms with Crippen LogP contribution in [-0.4, -0.2) is 32.6 Å². The van der Waals surface area contributed by atoms with Gasteiger partial charge in [-0.1, -0.05) is 0 Å². The largest absolute Gasteiger partial charge is 0.492 e. The second-order valence-electron chi connectivity index (χ2n) is 4.00. The topological polar surface area (TPSA) is 48.3 Å². The quantitative estimate of drug-likeness (QED) is 0.845. The maximum atomic E-state index is 9.10. The minimum atomic E-state index is 0.558. The van der Waals surface area contributed by atoms with E-state index < -0.39 is 0 Å². The lowest BCUT2D eigenvalue weighted by molar-refractivity contribution is 0.324. The molecule has 0 aliphatic carbocycles.